The molecule has 0 spiro atoms. The van der Waals surface area contributed by atoms with E-state index in [-0.39, 0.29) is 11.8 Å². The van der Waals surface area contributed by atoms with Crippen LogP contribution in [-0.2, 0) is 11.2 Å². The molecule has 1 aliphatic heterocycles. The molecule has 0 radical (unpaired) electrons. The number of carbonyl (C=O) groups is 2. The number of anilines is 2. The minimum absolute atomic E-state index is 0.252. The highest BCUT2D eigenvalue weighted by atomic mass is 16.5. The summed E-state index contributed by atoms with van der Waals surface area (Å²) in [6.07, 6.45) is -0.0787. The van der Waals surface area contributed by atoms with Gasteiger partial charge in [-0.15, -0.1) is 0 Å². The molecular formula is C25H21N5O3. The maximum atomic E-state index is 12.8. The van der Waals surface area contributed by atoms with E-state index in [9.17, 15) is 9.59 Å². The van der Waals surface area contributed by atoms with Gasteiger partial charge in [-0.3, -0.25) is 14.7 Å². The van der Waals surface area contributed by atoms with Crippen molar-refractivity contribution < 1.29 is 14.3 Å². The van der Waals surface area contributed by atoms with E-state index in [2.05, 4.69) is 25.8 Å². The van der Waals surface area contributed by atoms with Crippen LogP contribution in [0.5, 0.6) is 5.75 Å². The van der Waals surface area contributed by atoms with E-state index in [0.29, 0.717) is 35.0 Å². The Morgan fingerprint density at radius 1 is 0.970 bits per heavy atom. The zero-order valence-corrected chi connectivity index (χ0v) is 17.8. The summed E-state index contributed by atoms with van der Waals surface area (Å²) < 4.78 is 5.74. The summed E-state index contributed by atoms with van der Waals surface area (Å²) in [5.74, 6) is 1.46. The van der Waals surface area contributed by atoms with Crippen molar-refractivity contribution in [3.63, 3.8) is 0 Å². The van der Waals surface area contributed by atoms with Gasteiger partial charge in [0.2, 0.25) is 0 Å². The molecule has 0 saturated carbocycles. The van der Waals surface area contributed by atoms with Crippen LogP contribution < -0.4 is 15.4 Å². The number of ether oxygens (including phenoxy) is 1. The molecule has 2 heterocycles. The third kappa shape index (κ3) is 4.45. The molecule has 3 aromatic carbocycles. The lowest BCUT2D eigenvalue weighted by molar-refractivity contribution is -0.122. The first-order chi connectivity index (χ1) is 16.0. The second-order valence-corrected chi connectivity index (χ2v) is 7.77. The zero-order valence-electron chi connectivity index (χ0n) is 17.8. The summed E-state index contributed by atoms with van der Waals surface area (Å²) in [5, 5.41) is 12.7. The molecule has 1 aliphatic rings. The first-order valence-electron chi connectivity index (χ1n) is 10.5. The van der Waals surface area contributed by atoms with Crippen LogP contribution in [0.1, 0.15) is 21.7 Å². The van der Waals surface area contributed by atoms with Gasteiger partial charge in [-0.1, -0.05) is 36.4 Å². The van der Waals surface area contributed by atoms with E-state index in [4.69, 9.17) is 4.74 Å². The topological polar surface area (TPSA) is 109 Å². The first-order valence-corrected chi connectivity index (χ1v) is 10.5. The molecule has 2 amide bonds. The van der Waals surface area contributed by atoms with Gasteiger partial charge in [0.15, 0.2) is 11.9 Å². The molecule has 5 rings (SSSR count). The normalized spacial score (nSPS) is 14.3. The Kier molecular flexibility index (Phi) is 5.32. The molecule has 33 heavy (non-hydrogen) atoms. The number of aromatic nitrogens is 3. The Labute approximate surface area is 190 Å². The fourth-order valence-electron chi connectivity index (χ4n) is 3.70. The SMILES string of the molecule is Cc1nc(-c2cccc(NC(=O)c3cccc(NC(=O)C4Cc5ccccc5O4)c3)c2)n[nH]1. The molecular weight excluding hydrogens is 418 g/mol. The number of nitrogens with one attached hydrogen (secondary N) is 3. The number of nitrogens with zero attached hydrogens (tertiary/aromatic N) is 2. The van der Waals surface area contributed by atoms with Crippen LogP contribution in [0.2, 0.25) is 0 Å². The lowest BCUT2D eigenvalue weighted by Crippen LogP contribution is -2.31. The van der Waals surface area contributed by atoms with Crippen molar-refractivity contribution >= 4 is 23.2 Å². The summed E-state index contributed by atoms with van der Waals surface area (Å²) in [5.41, 5.74) is 3.36. The van der Waals surface area contributed by atoms with Gasteiger partial charge in [0.25, 0.3) is 11.8 Å². The van der Waals surface area contributed by atoms with Crippen molar-refractivity contribution in [3.05, 3.63) is 89.7 Å². The summed E-state index contributed by atoms with van der Waals surface area (Å²) in [6.45, 7) is 1.82. The van der Waals surface area contributed by atoms with Gasteiger partial charge in [0, 0.05) is 28.9 Å². The molecule has 8 heteroatoms. The molecule has 1 unspecified atom stereocenters. The van der Waals surface area contributed by atoms with Crippen LogP contribution in [0.25, 0.3) is 11.4 Å². The smallest absolute Gasteiger partial charge is 0.265 e. The highest BCUT2D eigenvalue weighted by molar-refractivity contribution is 6.05. The second kappa shape index (κ2) is 8.58. The molecule has 1 aromatic heterocycles. The predicted octanol–water partition coefficient (Wildman–Crippen LogP) is 3.97. The molecule has 0 saturated heterocycles. The van der Waals surface area contributed by atoms with E-state index in [1.165, 1.54) is 0 Å². The zero-order chi connectivity index (χ0) is 22.8. The highest BCUT2D eigenvalue weighted by Crippen LogP contribution is 2.29. The number of amides is 2. The summed E-state index contributed by atoms with van der Waals surface area (Å²) in [4.78, 5) is 29.8. The monoisotopic (exact) mass is 439 g/mol. The van der Waals surface area contributed by atoms with Gasteiger partial charge in [-0.2, -0.15) is 5.10 Å². The van der Waals surface area contributed by atoms with Crippen molar-refractivity contribution in [2.45, 2.75) is 19.4 Å². The Morgan fingerprint density at radius 2 is 1.76 bits per heavy atom. The standard InChI is InChI=1S/C25H21N5O3/c1-15-26-23(30-29-15)17-7-4-9-19(12-17)27-24(31)18-8-5-10-20(13-18)28-25(32)22-14-16-6-2-3-11-21(16)33-22/h2-13,22H,14H2,1H3,(H,27,31)(H,28,32)(H,26,29,30). The Hall–Kier alpha value is -4.46. The number of aryl methyl sites for hydroxylation is 1. The fraction of sp³-hybridized carbons (Fsp3) is 0.120. The molecule has 164 valence electrons. The van der Waals surface area contributed by atoms with Crippen LogP contribution in [0, 0.1) is 6.92 Å². The predicted molar refractivity (Wildman–Crippen MR) is 124 cm³/mol. The van der Waals surface area contributed by atoms with Crippen LogP contribution >= 0.6 is 0 Å². The van der Waals surface area contributed by atoms with E-state index in [1.54, 1.807) is 36.4 Å². The second-order valence-electron chi connectivity index (χ2n) is 7.77. The average molecular weight is 439 g/mol. The molecule has 0 fully saturated rings. The third-order valence-corrected chi connectivity index (χ3v) is 5.31. The van der Waals surface area contributed by atoms with E-state index >= 15 is 0 Å². The quantitative estimate of drug-likeness (QED) is 0.436. The number of aromatic amines is 1. The van der Waals surface area contributed by atoms with Crippen molar-refractivity contribution in [2.75, 3.05) is 10.6 Å². The van der Waals surface area contributed by atoms with Crippen LogP contribution in [-0.4, -0.2) is 33.1 Å². The van der Waals surface area contributed by atoms with Gasteiger partial charge in [0.05, 0.1) is 0 Å². The molecule has 1 atom stereocenters. The lowest BCUT2D eigenvalue weighted by Gasteiger charge is -2.12. The Bertz CT molecular complexity index is 1320. The van der Waals surface area contributed by atoms with Crippen molar-refractivity contribution in [1.82, 2.24) is 15.2 Å². The van der Waals surface area contributed by atoms with E-state index < -0.39 is 6.10 Å². The first kappa shape index (κ1) is 20.4. The minimum Gasteiger partial charge on any atom is -0.480 e. The molecule has 3 N–H and O–H groups in total. The third-order valence-electron chi connectivity index (χ3n) is 5.31. The van der Waals surface area contributed by atoms with Crippen molar-refractivity contribution in [1.29, 1.82) is 0 Å². The van der Waals surface area contributed by atoms with Gasteiger partial charge >= 0.3 is 0 Å². The van der Waals surface area contributed by atoms with E-state index in [1.807, 2.05) is 43.3 Å². The summed E-state index contributed by atoms with van der Waals surface area (Å²) in [6, 6.07) is 21.7. The molecule has 0 bridgehead atoms. The number of hydrogen-bond donors (Lipinski definition) is 3. The number of para-hydroxylation sites is 1. The number of benzene rings is 3. The molecule has 4 aromatic rings. The Balaban J connectivity index is 1.26. The van der Waals surface area contributed by atoms with Crippen LogP contribution in [0.15, 0.2) is 72.8 Å². The van der Waals surface area contributed by atoms with Crippen LogP contribution in [0.4, 0.5) is 11.4 Å². The largest absolute Gasteiger partial charge is 0.480 e. The lowest BCUT2D eigenvalue weighted by atomic mass is 10.1. The number of rotatable bonds is 5. The minimum atomic E-state index is -0.595. The van der Waals surface area contributed by atoms with E-state index in [0.717, 1.165) is 16.9 Å². The number of hydrogen-bond acceptors (Lipinski definition) is 5. The van der Waals surface area contributed by atoms with Gasteiger partial charge in [-0.25, -0.2) is 4.98 Å². The van der Waals surface area contributed by atoms with Gasteiger partial charge < -0.3 is 15.4 Å². The summed E-state index contributed by atoms with van der Waals surface area (Å²) in [7, 11) is 0. The van der Waals surface area contributed by atoms with Gasteiger partial charge in [-0.05, 0) is 48.9 Å². The average Bonchev–Trinajstić information content (AvgIpc) is 3.46. The van der Waals surface area contributed by atoms with Crippen LogP contribution in [0.3, 0.4) is 0 Å². The maximum absolute atomic E-state index is 12.8. The number of carbonyl (C=O) groups excluding carboxylic acids is 2. The molecule has 8 nitrogen and oxygen atoms in total. The van der Waals surface area contributed by atoms with Crippen molar-refractivity contribution in [2.24, 2.45) is 0 Å². The van der Waals surface area contributed by atoms with Gasteiger partial charge in [0.1, 0.15) is 11.6 Å². The molecule has 0 aliphatic carbocycles. The fourth-order valence-corrected chi connectivity index (χ4v) is 3.70. The number of fused-ring (bicyclic) bond motifs is 1. The highest BCUT2D eigenvalue weighted by Gasteiger charge is 2.28. The Morgan fingerprint density at radius 3 is 2.55 bits per heavy atom. The maximum Gasteiger partial charge on any atom is 0.265 e. The number of H-pyrrole nitrogens is 1. The van der Waals surface area contributed by atoms with Crippen molar-refractivity contribution in [3.8, 4) is 17.1 Å². The summed E-state index contributed by atoms with van der Waals surface area (Å²) >= 11 is 0.